The lowest BCUT2D eigenvalue weighted by atomic mass is 10.2. The molecule has 1 N–H and O–H groups in total. The molecule has 170 valence electrons. The van der Waals surface area contributed by atoms with E-state index in [1.54, 1.807) is 18.4 Å². The van der Waals surface area contributed by atoms with Crippen molar-refractivity contribution in [3.63, 3.8) is 0 Å². The Kier molecular flexibility index (Phi) is 7.41. The van der Waals surface area contributed by atoms with Crippen molar-refractivity contribution in [1.29, 1.82) is 0 Å². The highest BCUT2D eigenvalue weighted by Gasteiger charge is 2.23. The first kappa shape index (κ1) is 23.3. The Morgan fingerprint density at radius 3 is 2.74 bits per heavy atom. The van der Waals surface area contributed by atoms with Crippen LogP contribution in [0.3, 0.4) is 0 Å². The van der Waals surface area contributed by atoms with E-state index in [0.717, 1.165) is 55.5 Å². The van der Waals surface area contributed by atoms with Crippen molar-refractivity contribution in [2.75, 3.05) is 13.7 Å². The van der Waals surface area contributed by atoms with E-state index in [9.17, 15) is 4.79 Å². The van der Waals surface area contributed by atoms with Gasteiger partial charge in [-0.05, 0) is 47.0 Å². The van der Waals surface area contributed by atoms with Crippen LogP contribution in [0.2, 0.25) is 0 Å². The summed E-state index contributed by atoms with van der Waals surface area (Å²) in [4.78, 5) is 23.6. The number of pyridine rings is 1. The number of unbranched alkanes of at least 4 members (excludes halogenated alkanes) is 2. The van der Waals surface area contributed by atoms with E-state index < -0.39 is 5.60 Å². The molecule has 31 heavy (non-hydrogen) atoms. The number of aryl methyl sites for hydroxylation is 3. The number of ether oxygens (including phenoxy) is 1. The van der Waals surface area contributed by atoms with Gasteiger partial charge in [0.15, 0.2) is 5.52 Å². The fourth-order valence-corrected chi connectivity index (χ4v) is 4.74. The lowest BCUT2D eigenvalue weighted by Crippen LogP contribution is -2.40. The van der Waals surface area contributed by atoms with E-state index in [0.29, 0.717) is 6.54 Å². The first-order valence-electron chi connectivity index (χ1n) is 11.1. The SMILES string of the molecule is CCCCc1nc2c[n+](OC)c3cc(C)sc3c2n1CCCCNC(=O)OC(C)(C)C. The molecule has 0 aliphatic heterocycles. The van der Waals surface area contributed by atoms with Gasteiger partial charge < -0.3 is 14.6 Å². The lowest BCUT2D eigenvalue weighted by molar-refractivity contribution is -0.864. The maximum Gasteiger partial charge on any atom is 0.407 e. The van der Waals surface area contributed by atoms with Crippen molar-refractivity contribution in [1.82, 2.24) is 14.9 Å². The number of nitrogens with one attached hydrogen (secondary N) is 1. The van der Waals surface area contributed by atoms with Crippen LogP contribution in [0, 0.1) is 6.92 Å². The summed E-state index contributed by atoms with van der Waals surface area (Å²) in [5.41, 5.74) is 2.76. The van der Waals surface area contributed by atoms with Crippen LogP contribution >= 0.6 is 11.3 Å². The molecule has 1 amide bonds. The number of aromatic nitrogens is 3. The van der Waals surface area contributed by atoms with Crippen molar-refractivity contribution in [2.24, 2.45) is 0 Å². The molecule has 0 unspecified atom stereocenters. The van der Waals surface area contributed by atoms with Gasteiger partial charge in [-0.2, -0.15) is 0 Å². The Hall–Kier alpha value is -2.35. The molecule has 7 nitrogen and oxygen atoms in total. The van der Waals surface area contributed by atoms with E-state index in [-0.39, 0.29) is 6.09 Å². The second kappa shape index (κ2) is 9.85. The third kappa shape index (κ3) is 5.67. The van der Waals surface area contributed by atoms with Crippen LogP contribution < -0.4 is 14.9 Å². The average molecular weight is 448 g/mol. The van der Waals surface area contributed by atoms with E-state index in [1.165, 1.54) is 15.1 Å². The summed E-state index contributed by atoms with van der Waals surface area (Å²) in [6.45, 7) is 11.4. The summed E-state index contributed by atoms with van der Waals surface area (Å²) in [5, 5.41) is 2.85. The second-order valence-electron chi connectivity index (χ2n) is 8.86. The number of imidazole rings is 1. The summed E-state index contributed by atoms with van der Waals surface area (Å²) < 4.78 is 10.7. The minimum Gasteiger partial charge on any atom is -0.444 e. The molecule has 0 bridgehead atoms. The van der Waals surface area contributed by atoms with Gasteiger partial charge in [0, 0.05) is 35.2 Å². The Labute approximate surface area is 188 Å². The lowest BCUT2D eigenvalue weighted by Gasteiger charge is -2.19. The summed E-state index contributed by atoms with van der Waals surface area (Å²) in [5.74, 6) is 1.12. The highest BCUT2D eigenvalue weighted by Crippen LogP contribution is 2.31. The van der Waals surface area contributed by atoms with Crippen LogP contribution in [0.25, 0.3) is 21.3 Å². The Balaban J connectivity index is 1.79. The molecule has 0 radical (unpaired) electrons. The van der Waals surface area contributed by atoms with Crippen molar-refractivity contribution < 1.29 is 19.1 Å². The van der Waals surface area contributed by atoms with Gasteiger partial charge in [0.25, 0.3) is 11.7 Å². The van der Waals surface area contributed by atoms with Gasteiger partial charge >= 0.3 is 6.09 Å². The molecule has 0 atom stereocenters. The largest absolute Gasteiger partial charge is 0.444 e. The molecule has 3 rings (SSSR count). The first-order valence-corrected chi connectivity index (χ1v) is 11.9. The molecule has 0 fully saturated rings. The number of amides is 1. The molecule has 3 aromatic rings. The van der Waals surface area contributed by atoms with Gasteiger partial charge in [0.1, 0.15) is 23.2 Å². The molecule has 0 spiro atoms. The number of hydrogen-bond acceptors (Lipinski definition) is 5. The van der Waals surface area contributed by atoms with Crippen LogP contribution in [0.5, 0.6) is 0 Å². The molecule has 0 aliphatic carbocycles. The van der Waals surface area contributed by atoms with E-state index in [2.05, 4.69) is 29.8 Å². The first-order chi connectivity index (χ1) is 14.7. The summed E-state index contributed by atoms with van der Waals surface area (Å²) >= 11 is 1.78. The molecular weight excluding hydrogens is 412 g/mol. The zero-order valence-electron chi connectivity index (χ0n) is 19.6. The minimum absolute atomic E-state index is 0.357. The predicted molar refractivity (Wildman–Crippen MR) is 125 cm³/mol. The summed E-state index contributed by atoms with van der Waals surface area (Å²) in [6, 6.07) is 2.16. The van der Waals surface area contributed by atoms with Crippen molar-refractivity contribution in [3.05, 3.63) is 23.0 Å². The normalized spacial score (nSPS) is 11.9. The topological polar surface area (TPSA) is 69.3 Å². The van der Waals surface area contributed by atoms with Gasteiger partial charge in [-0.3, -0.25) is 4.84 Å². The maximum absolute atomic E-state index is 11.8. The number of thiophene rings is 1. The van der Waals surface area contributed by atoms with Crippen LogP contribution in [-0.4, -0.2) is 34.9 Å². The Bertz CT molecular complexity index is 1050. The molecule has 0 aliphatic rings. The Morgan fingerprint density at radius 2 is 2.06 bits per heavy atom. The maximum atomic E-state index is 11.8. The quantitative estimate of drug-likeness (QED) is 0.386. The standard InChI is InChI=1S/C23H34N4O3S/c1-7-8-11-19-25-17-15-27(29-6)18-14-16(2)31-21(18)20(17)26(19)13-10-9-12-24-22(28)30-23(3,4)5/h14-15H,7-13H2,1-6H3/p+1. The van der Waals surface area contributed by atoms with E-state index in [1.807, 2.05) is 31.7 Å². The third-order valence-electron chi connectivity index (χ3n) is 5.03. The fourth-order valence-electron chi connectivity index (χ4n) is 3.68. The van der Waals surface area contributed by atoms with Crippen LogP contribution in [0.4, 0.5) is 4.79 Å². The highest BCUT2D eigenvalue weighted by molar-refractivity contribution is 7.19. The number of rotatable bonds is 9. The molecule has 0 aromatic carbocycles. The number of hydrogen-bond donors (Lipinski definition) is 1. The van der Waals surface area contributed by atoms with Crippen LogP contribution in [-0.2, 0) is 17.7 Å². The predicted octanol–water partition coefficient (Wildman–Crippen LogP) is 4.55. The Morgan fingerprint density at radius 1 is 1.29 bits per heavy atom. The number of nitrogens with zero attached hydrogens (tertiary/aromatic N) is 3. The monoisotopic (exact) mass is 447 g/mol. The smallest absolute Gasteiger partial charge is 0.407 e. The molecule has 8 heteroatoms. The van der Waals surface area contributed by atoms with Crippen LogP contribution in [0.1, 0.15) is 64.1 Å². The van der Waals surface area contributed by atoms with E-state index in [4.69, 9.17) is 14.6 Å². The average Bonchev–Trinajstić information content (AvgIpc) is 3.23. The van der Waals surface area contributed by atoms with Gasteiger partial charge in [0.05, 0.1) is 5.52 Å². The highest BCUT2D eigenvalue weighted by atomic mass is 32.1. The molecule has 3 aromatic heterocycles. The van der Waals surface area contributed by atoms with Gasteiger partial charge in [-0.1, -0.05) is 13.3 Å². The second-order valence-corrected chi connectivity index (χ2v) is 10.1. The number of fused-ring (bicyclic) bond motifs is 3. The minimum atomic E-state index is -0.475. The molecule has 0 saturated carbocycles. The van der Waals surface area contributed by atoms with Crippen molar-refractivity contribution >= 4 is 38.7 Å². The van der Waals surface area contributed by atoms with Crippen LogP contribution in [0.15, 0.2) is 12.3 Å². The van der Waals surface area contributed by atoms with Crippen molar-refractivity contribution in [3.8, 4) is 0 Å². The number of carbonyl (C=O) groups excluding carboxylic acids is 1. The van der Waals surface area contributed by atoms with Crippen molar-refractivity contribution in [2.45, 2.75) is 78.9 Å². The number of carbonyl (C=O) groups is 1. The zero-order valence-corrected chi connectivity index (χ0v) is 20.4. The van der Waals surface area contributed by atoms with Gasteiger partial charge in [-0.15, -0.1) is 11.3 Å². The van der Waals surface area contributed by atoms with E-state index >= 15 is 0 Å². The van der Waals surface area contributed by atoms with Gasteiger partial charge in [-0.25, -0.2) is 9.78 Å². The fraction of sp³-hybridized carbons (Fsp3) is 0.609. The zero-order chi connectivity index (χ0) is 22.6. The molecular formula is C23H35N4O3S+. The summed E-state index contributed by atoms with van der Waals surface area (Å²) in [6.07, 6.45) is 6.66. The summed E-state index contributed by atoms with van der Waals surface area (Å²) in [7, 11) is 1.69. The number of alkyl carbamates (subject to hydrolysis) is 1. The molecule has 0 saturated heterocycles. The van der Waals surface area contributed by atoms with Gasteiger partial charge in [0.2, 0.25) is 0 Å². The molecule has 3 heterocycles. The third-order valence-corrected chi connectivity index (χ3v) is 6.08.